The molecule has 5 heteroatoms. The molecule has 2 N–H and O–H groups in total. The van der Waals surface area contributed by atoms with Crippen molar-refractivity contribution in [2.24, 2.45) is 0 Å². The molecule has 0 amide bonds. The third-order valence-corrected chi connectivity index (χ3v) is 1.38. The van der Waals surface area contributed by atoms with Crippen LogP contribution in [0.25, 0.3) is 0 Å². The van der Waals surface area contributed by atoms with E-state index in [2.05, 4.69) is 5.43 Å². The number of allylic oxidation sites excluding steroid dienone is 3. The maximum absolute atomic E-state index is 10.2. The molecule has 0 radical (unpaired) electrons. The number of hydrazine groups is 1. The summed E-state index contributed by atoms with van der Waals surface area (Å²) >= 11 is 0. The first-order valence-corrected chi connectivity index (χ1v) is 3.61. The third kappa shape index (κ3) is 3.00. The fourth-order valence-electron chi connectivity index (χ4n) is 0.768. The predicted octanol–water partition coefficient (Wildman–Crippen LogP) is 0.406. The second kappa shape index (κ2) is 4.32. The molecular formula is C8H10N2O3. The van der Waals surface area contributed by atoms with Gasteiger partial charge in [-0.1, -0.05) is 0 Å². The van der Waals surface area contributed by atoms with Gasteiger partial charge in [-0.05, 0) is 17.7 Å². The molecule has 0 aromatic heterocycles. The Bertz CT molecular complexity index is 281. The van der Waals surface area contributed by atoms with E-state index < -0.39 is 5.97 Å². The van der Waals surface area contributed by atoms with E-state index >= 15 is 0 Å². The van der Waals surface area contributed by atoms with E-state index in [0.717, 1.165) is 11.6 Å². The van der Waals surface area contributed by atoms with Gasteiger partial charge >= 0.3 is 5.97 Å². The van der Waals surface area contributed by atoms with E-state index in [1.54, 1.807) is 18.5 Å². The molecule has 0 bridgehead atoms. The second-order valence-corrected chi connectivity index (χ2v) is 2.27. The minimum Gasteiger partial charge on any atom is -0.478 e. The summed E-state index contributed by atoms with van der Waals surface area (Å²) in [6.45, 7) is 0. The molecule has 1 heterocycles. The van der Waals surface area contributed by atoms with E-state index in [4.69, 9.17) is 9.94 Å². The molecule has 70 valence electrons. The van der Waals surface area contributed by atoms with Crippen LogP contribution in [-0.4, -0.2) is 23.4 Å². The Hall–Kier alpha value is -1.75. The van der Waals surface area contributed by atoms with Crippen LogP contribution in [0.4, 0.5) is 0 Å². The van der Waals surface area contributed by atoms with Crippen molar-refractivity contribution in [3.63, 3.8) is 0 Å². The Morgan fingerprint density at radius 1 is 1.77 bits per heavy atom. The Morgan fingerprint density at radius 2 is 2.54 bits per heavy atom. The summed E-state index contributed by atoms with van der Waals surface area (Å²) in [6.07, 6.45) is 7.54. The van der Waals surface area contributed by atoms with E-state index in [1.807, 2.05) is 0 Å². The molecule has 0 aromatic rings. The highest BCUT2D eigenvalue weighted by molar-refractivity contribution is 5.80. The van der Waals surface area contributed by atoms with Gasteiger partial charge < -0.3 is 5.11 Å². The fraction of sp³-hybridized carbons (Fsp3) is 0.125. The SMILES string of the molecule is CON1C=CC(/C=C/C(=O)O)=CN1. The summed E-state index contributed by atoms with van der Waals surface area (Å²) < 4.78 is 0. The van der Waals surface area contributed by atoms with Gasteiger partial charge in [0.1, 0.15) is 0 Å². The number of carboxylic acid groups (broad SMARTS) is 1. The Kier molecular flexibility index (Phi) is 3.10. The molecule has 5 nitrogen and oxygen atoms in total. The molecule has 0 unspecified atom stereocenters. The Morgan fingerprint density at radius 3 is 3.00 bits per heavy atom. The molecule has 0 saturated carbocycles. The van der Waals surface area contributed by atoms with E-state index in [9.17, 15) is 4.79 Å². The third-order valence-electron chi connectivity index (χ3n) is 1.38. The molecule has 0 atom stereocenters. The molecule has 13 heavy (non-hydrogen) atoms. The molecule has 0 aromatic carbocycles. The Balaban J connectivity index is 2.52. The number of carbonyl (C=O) groups is 1. The molecule has 0 aliphatic carbocycles. The normalized spacial score (nSPS) is 15.8. The maximum Gasteiger partial charge on any atom is 0.328 e. The zero-order chi connectivity index (χ0) is 9.68. The second-order valence-electron chi connectivity index (χ2n) is 2.27. The lowest BCUT2D eigenvalue weighted by atomic mass is 10.2. The van der Waals surface area contributed by atoms with Gasteiger partial charge in [0.05, 0.1) is 13.3 Å². The van der Waals surface area contributed by atoms with Crippen LogP contribution in [0.2, 0.25) is 0 Å². The van der Waals surface area contributed by atoms with Crippen LogP contribution in [0.5, 0.6) is 0 Å². The molecule has 1 aliphatic rings. The standard InChI is InChI=1S/C8H10N2O3/c1-13-10-5-4-7(6-9-10)2-3-8(11)12/h2-6,9H,1H3,(H,11,12)/b3-2+. The quantitative estimate of drug-likeness (QED) is 0.619. The first kappa shape index (κ1) is 9.34. The zero-order valence-electron chi connectivity index (χ0n) is 7.10. The molecule has 0 saturated heterocycles. The number of rotatable bonds is 3. The average molecular weight is 182 g/mol. The lowest BCUT2D eigenvalue weighted by Crippen LogP contribution is -2.29. The van der Waals surface area contributed by atoms with Crippen LogP contribution in [0.3, 0.4) is 0 Å². The maximum atomic E-state index is 10.2. The van der Waals surface area contributed by atoms with Gasteiger partial charge in [0, 0.05) is 12.3 Å². The van der Waals surface area contributed by atoms with E-state index in [-0.39, 0.29) is 0 Å². The fourth-order valence-corrected chi connectivity index (χ4v) is 0.768. The van der Waals surface area contributed by atoms with Crippen LogP contribution in [0, 0.1) is 0 Å². The molecule has 0 fully saturated rings. The number of carboxylic acids is 1. The Labute approximate surface area is 75.5 Å². The molecular weight excluding hydrogens is 172 g/mol. The molecule has 0 spiro atoms. The number of nitrogens with zero attached hydrogens (tertiary/aromatic N) is 1. The van der Waals surface area contributed by atoms with Crippen molar-refractivity contribution >= 4 is 5.97 Å². The van der Waals surface area contributed by atoms with Gasteiger partial charge in [0.15, 0.2) is 0 Å². The smallest absolute Gasteiger partial charge is 0.328 e. The summed E-state index contributed by atoms with van der Waals surface area (Å²) in [5, 5.41) is 9.74. The summed E-state index contributed by atoms with van der Waals surface area (Å²) in [6, 6.07) is 0. The van der Waals surface area contributed by atoms with Crippen molar-refractivity contribution in [1.29, 1.82) is 0 Å². The van der Waals surface area contributed by atoms with Crippen molar-refractivity contribution in [2.75, 3.05) is 7.11 Å². The highest BCUT2D eigenvalue weighted by atomic mass is 16.7. The summed E-state index contributed by atoms with van der Waals surface area (Å²) in [7, 11) is 1.52. The first-order valence-electron chi connectivity index (χ1n) is 3.61. The topological polar surface area (TPSA) is 61.8 Å². The van der Waals surface area contributed by atoms with Crippen LogP contribution >= 0.6 is 0 Å². The van der Waals surface area contributed by atoms with Crippen molar-refractivity contribution in [3.05, 3.63) is 36.2 Å². The van der Waals surface area contributed by atoms with Gasteiger partial charge in [-0.25, -0.2) is 4.79 Å². The highest BCUT2D eigenvalue weighted by Gasteiger charge is 1.99. The monoisotopic (exact) mass is 182 g/mol. The van der Waals surface area contributed by atoms with Gasteiger partial charge in [-0.3, -0.25) is 10.3 Å². The van der Waals surface area contributed by atoms with Crippen LogP contribution in [0.15, 0.2) is 36.2 Å². The minimum absolute atomic E-state index is 0.760. The van der Waals surface area contributed by atoms with Gasteiger partial charge in [-0.2, -0.15) is 5.17 Å². The zero-order valence-corrected chi connectivity index (χ0v) is 7.10. The number of hydrogen-bond donors (Lipinski definition) is 2. The number of hydroxylamine groups is 1. The summed E-state index contributed by atoms with van der Waals surface area (Å²) in [5.41, 5.74) is 3.52. The largest absolute Gasteiger partial charge is 0.478 e. The van der Waals surface area contributed by atoms with Gasteiger partial charge in [0.25, 0.3) is 0 Å². The lowest BCUT2D eigenvalue weighted by Gasteiger charge is -2.19. The minimum atomic E-state index is -0.969. The number of hydrogen-bond acceptors (Lipinski definition) is 4. The average Bonchev–Trinajstić information content (AvgIpc) is 2.15. The van der Waals surface area contributed by atoms with Crippen LogP contribution in [0.1, 0.15) is 0 Å². The predicted molar refractivity (Wildman–Crippen MR) is 46.0 cm³/mol. The summed E-state index contributed by atoms with van der Waals surface area (Å²) in [5.74, 6) is -0.969. The lowest BCUT2D eigenvalue weighted by molar-refractivity contribution is -0.131. The van der Waals surface area contributed by atoms with Crippen LogP contribution in [-0.2, 0) is 9.63 Å². The van der Waals surface area contributed by atoms with E-state index in [1.165, 1.54) is 18.4 Å². The van der Waals surface area contributed by atoms with Gasteiger partial charge in [-0.15, -0.1) is 0 Å². The van der Waals surface area contributed by atoms with Crippen molar-refractivity contribution < 1.29 is 14.7 Å². The first-order chi connectivity index (χ1) is 6.22. The van der Waals surface area contributed by atoms with Gasteiger partial charge in [0.2, 0.25) is 0 Å². The molecule has 1 rings (SSSR count). The highest BCUT2D eigenvalue weighted by Crippen LogP contribution is 2.04. The van der Waals surface area contributed by atoms with Crippen molar-refractivity contribution in [1.82, 2.24) is 10.6 Å². The number of aliphatic carboxylic acids is 1. The summed E-state index contributed by atoms with van der Waals surface area (Å²) in [4.78, 5) is 15.0. The van der Waals surface area contributed by atoms with Crippen molar-refractivity contribution in [3.8, 4) is 0 Å². The molecule has 1 aliphatic heterocycles. The van der Waals surface area contributed by atoms with E-state index in [0.29, 0.717) is 0 Å². The number of nitrogens with one attached hydrogen (secondary N) is 1. The van der Waals surface area contributed by atoms with Crippen LogP contribution < -0.4 is 5.43 Å². The van der Waals surface area contributed by atoms with Crippen molar-refractivity contribution in [2.45, 2.75) is 0 Å².